The maximum Gasteiger partial charge on any atom is 0.278 e. The van der Waals surface area contributed by atoms with E-state index in [0.717, 1.165) is 30.5 Å². The Bertz CT molecular complexity index is 860. The summed E-state index contributed by atoms with van der Waals surface area (Å²) in [5.74, 6) is -0.419. The monoisotopic (exact) mass is 340 g/mol. The van der Waals surface area contributed by atoms with Crippen molar-refractivity contribution < 1.29 is 14.3 Å². The number of carbonyl (C=O) groups is 2. The summed E-state index contributed by atoms with van der Waals surface area (Å²) >= 11 is 0. The van der Waals surface area contributed by atoms with Gasteiger partial charge in [-0.1, -0.05) is 12.1 Å². The quantitative estimate of drug-likeness (QED) is 0.815. The molecule has 1 aliphatic carbocycles. The van der Waals surface area contributed by atoms with Gasteiger partial charge in [0.25, 0.3) is 17.4 Å². The Kier molecular flexibility index (Phi) is 3.52. The van der Waals surface area contributed by atoms with Gasteiger partial charge in [0.05, 0.1) is 17.9 Å². The number of nitrogens with zero attached hydrogens (tertiary/aromatic N) is 2. The van der Waals surface area contributed by atoms with Crippen molar-refractivity contribution in [3.05, 3.63) is 41.7 Å². The molecule has 0 spiro atoms. The first-order valence-corrected chi connectivity index (χ1v) is 8.40. The van der Waals surface area contributed by atoms with E-state index in [-0.39, 0.29) is 6.04 Å². The first-order chi connectivity index (χ1) is 12.0. The molecule has 0 saturated carbocycles. The summed E-state index contributed by atoms with van der Waals surface area (Å²) in [5, 5.41) is 10.0. The zero-order valence-corrected chi connectivity index (χ0v) is 14.2. The minimum Gasteiger partial charge on any atom is -0.466 e. The summed E-state index contributed by atoms with van der Waals surface area (Å²) in [4.78, 5) is 25.4. The zero-order valence-electron chi connectivity index (χ0n) is 14.2. The lowest BCUT2D eigenvalue weighted by Gasteiger charge is -2.35. The Balaban J connectivity index is 1.58. The number of benzene rings is 1. The maximum atomic E-state index is 12.9. The predicted octanol–water partition coefficient (Wildman–Crippen LogP) is 1.70. The molecule has 4 rings (SSSR count). The zero-order chi connectivity index (χ0) is 17.6. The van der Waals surface area contributed by atoms with E-state index in [9.17, 15) is 9.59 Å². The van der Waals surface area contributed by atoms with Gasteiger partial charge in [0.1, 0.15) is 5.75 Å². The van der Waals surface area contributed by atoms with Crippen molar-refractivity contribution in [2.24, 2.45) is 7.05 Å². The summed E-state index contributed by atoms with van der Waals surface area (Å²) in [6, 6.07) is 6.93. The molecule has 1 aliphatic heterocycles. The smallest absolute Gasteiger partial charge is 0.278 e. The molecule has 0 radical (unpaired) electrons. The Labute approximate surface area is 145 Å². The molecule has 0 saturated heterocycles. The lowest BCUT2D eigenvalue weighted by Crippen LogP contribution is -2.59. The number of nitrogens with one attached hydrogen (secondary N) is 2. The molecule has 1 aromatic carbocycles. The number of fused-ring (bicyclic) bond motifs is 2. The Morgan fingerprint density at radius 2 is 2.24 bits per heavy atom. The average Bonchev–Trinajstić information content (AvgIpc) is 2.98. The van der Waals surface area contributed by atoms with Gasteiger partial charge in [-0.25, -0.2) is 0 Å². The second-order valence-electron chi connectivity index (χ2n) is 6.67. The highest BCUT2D eigenvalue weighted by Crippen LogP contribution is 2.35. The molecule has 1 aromatic heterocycles. The van der Waals surface area contributed by atoms with Crippen LogP contribution in [0.1, 0.15) is 37.1 Å². The first-order valence-electron chi connectivity index (χ1n) is 8.40. The van der Waals surface area contributed by atoms with Crippen LogP contribution in [0.4, 0.5) is 5.69 Å². The van der Waals surface area contributed by atoms with Gasteiger partial charge in [-0.2, -0.15) is 5.10 Å². The third-order valence-electron chi connectivity index (χ3n) is 5.00. The van der Waals surface area contributed by atoms with Crippen LogP contribution in [0.3, 0.4) is 0 Å². The topological polar surface area (TPSA) is 85.2 Å². The lowest BCUT2D eigenvalue weighted by molar-refractivity contribution is -0.147. The molecular weight excluding hydrogens is 320 g/mol. The number of rotatable bonds is 2. The van der Waals surface area contributed by atoms with Gasteiger partial charge in [-0.05, 0) is 38.3 Å². The largest absolute Gasteiger partial charge is 0.466 e. The number of carbonyl (C=O) groups excluding carboxylic acids is 2. The molecule has 0 bridgehead atoms. The van der Waals surface area contributed by atoms with E-state index < -0.39 is 17.4 Å². The molecule has 7 heteroatoms. The molecule has 2 atom stereocenters. The van der Waals surface area contributed by atoms with Crippen LogP contribution < -0.4 is 15.4 Å². The Hall–Kier alpha value is -2.83. The van der Waals surface area contributed by atoms with E-state index in [0.29, 0.717) is 11.4 Å². The van der Waals surface area contributed by atoms with Crippen molar-refractivity contribution in [2.45, 2.75) is 37.8 Å². The standard InChI is InChI=1S/C18H20N4O3/c1-18(17(24)21-13-6-3-4-9-15(13)25-18)16(23)20-12-7-5-8-14-11(12)10-19-22(14)2/h3-4,6,9-10,12H,5,7-8H2,1-2H3,(H,20,23)(H,21,24)/t12-,18-/m1/s1. The number of amides is 2. The molecule has 2 aliphatic rings. The van der Waals surface area contributed by atoms with Gasteiger partial charge in [0, 0.05) is 18.3 Å². The number of hydrogen-bond acceptors (Lipinski definition) is 4. The molecule has 2 N–H and O–H groups in total. The first kappa shape index (κ1) is 15.7. The van der Waals surface area contributed by atoms with Gasteiger partial charge in [0.2, 0.25) is 0 Å². The van der Waals surface area contributed by atoms with E-state index in [2.05, 4.69) is 15.7 Å². The lowest BCUT2D eigenvalue weighted by atomic mass is 9.91. The van der Waals surface area contributed by atoms with Crippen LogP contribution >= 0.6 is 0 Å². The second kappa shape index (κ2) is 5.61. The highest BCUT2D eigenvalue weighted by atomic mass is 16.5. The van der Waals surface area contributed by atoms with Crippen LogP contribution in [-0.2, 0) is 23.1 Å². The molecule has 25 heavy (non-hydrogen) atoms. The van der Waals surface area contributed by atoms with Crippen molar-refractivity contribution in [2.75, 3.05) is 5.32 Å². The minimum atomic E-state index is -1.60. The molecule has 2 aromatic rings. The number of anilines is 1. The van der Waals surface area contributed by atoms with Gasteiger partial charge >= 0.3 is 0 Å². The second-order valence-corrected chi connectivity index (χ2v) is 6.67. The summed E-state index contributed by atoms with van der Waals surface area (Å²) in [5.41, 5.74) is 1.11. The Morgan fingerprint density at radius 1 is 1.44 bits per heavy atom. The van der Waals surface area contributed by atoms with Crippen LogP contribution in [0.15, 0.2) is 30.5 Å². The van der Waals surface area contributed by atoms with Crippen molar-refractivity contribution in [3.63, 3.8) is 0 Å². The summed E-state index contributed by atoms with van der Waals surface area (Å²) < 4.78 is 7.63. The van der Waals surface area contributed by atoms with Crippen molar-refractivity contribution in [1.82, 2.24) is 15.1 Å². The fourth-order valence-corrected chi connectivity index (χ4v) is 3.47. The minimum absolute atomic E-state index is 0.157. The van der Waals surface area contributed by atoms with Crippen molar-refractivity contribution in [1.29, 1.82) is 0 Å². The fraction of sp³-hybridized carbons (Fsp3) is 0.389. The van der Waals surface area contributed by atoms with Gasteiger partial charge in [-0.3, -0.25) is 14.3 Å². The van der Waals surface area contributed by atoms with E-state index in [1.165, 1.54) is 6.92 Å². The normalized spacial score (nSPS) is 24.6. The number of para-hydroxylation sites is 2. The number of hydrogen-bond donors (Lipinski definition) is 2. The van der Waals surface area contributed by atoms with Gasteiger partial charge in [0.15, 0.2) is 0 Å². The van der Waals surface area contributed by atoms with Crippen LogP contribution in [0.2, 0.25) is 0 Å². The summed E-state index contributed by atoms with van der Waals surface area (Å²) in [6.07, 6.45) is 4.52. The Morgan fingerprint density at radius 3 is 3.08 bits per heavy atom. The average molecular weight is 340 g/mol. The molecule has 0 unspecified atom stereocenters. The fourth-order valence-electron chi connectivity index (χ4n) is 3.47. The molecule has 2 amide bonds. The van der Waals surface area contributed by atoms with E-state index >= 15 is 0 Å². The number of aryl methyl sites for hydroxylation is 1. The molecular formula is C18H20N4O3. The van der Waals surface area contributed by atoms with E-state index in [1.807, 2.05) is 11.7 Å². The van der Waals surface area contributed by atoms with Crippen LogP contribution in [-0.4, -0.2) is 27.2 Å². The molecule has 0 fully saturated rings. The van der Waals surface area contributed by atoms with E-state index in [4.69, 9.17) is 4.74 Å². The SMILES string of the molecule is Cn1ncc2c1CCC[C@H]2NC(=O)[C@@]1(C)Oc2ccccc2NC1=O. The van der Waals surface area contributed by atoms with E-state index in [1.54, 1.807) is 30.5 Å². The maximum absolute atomic E-state index is 12.9. The van der Waals surface area contributed by atoms with Crippen LogP contribution in [0, 0.1) is 0 Å². The van der Waals surface area contributed by atoms with Crippen LogP contribution in [0.25, 0.3) is 0 Å². The van der Waals surface area contributed by atoms with Crippen LogP contribution in [0.5, 0.6) is 5.75 Å². The van der Waals surface area contributed by atoms with Crippen molar-refractivity contribution >= 4 is 17.5 Å². The van der Waals surface area contributed by atoms with Gasteiger partial charge in [-0.15, -0.1) is 0 Å². The third kappa shape index (κ3) is 2.47. The summed E-state index contributed by atoms with van der Waals surface area (Å²) in [6.45, 7) is 1.50. The highest BCUT2D eigenvalue weighted by Gasteiger charge is 2.48. The third-order valence-corrected chi connectivity index (χ3v) is 5.00. The molecule has 2 heterocycles. The van der Waals surface area contributed by atoms with Gasteiger partial charge < -0.3 is 15.4 Å². The highest BCUT2D eigenvalue weighted by molar-refractivity contribution is 6.15. The predicted molar refractivity (Wildman–Crippen MR) is 91.1 cm³/mol. The number of ether oxygens (including phenoxy) is 1. The summed E-state index contributed by atoms with van der Waals surface area (Å²) in [7, 11) is 1.90. The van der Waals surface area contributed by atoms with Crippen molar-refractivity contribution in [3.8, 4) is 5.75 Å². The molecule has 7 nitrogen and oxygen atoms in total. The molecule has 130 valence electrons. The number of aromatic nitrogens is 2.